The third kappa shape index (κ3) is 4.14. The molecule has 5 heteroatoms. The van der Waals surface area contributed by atoms with Crippen molar-refractivity contribution < 1.29 is 9.47 Å². The first-order chi connectivity index (χ1) is 9.31. The monoisotopic (exact) mass is 280 g/mol. The minimum Gasteiger partial charge on any atom is -0.496 e. The number of morpholine rings is 1. The second-order valence-electron chi connectivity index (χ2n) is 4.53. The standard InChI is InChI=1S/C14H20N2O2S/c1-17-13-5-6-15-11-12(13)3-2-4-14(19)16-7-9-18-10-8-16/h5-6,11H,2-4,7-10H2,1H3. The van der Waals surface area contributed by atoms with Crippen LogP contribution in [0.2, 0.25) is 0 Å². The summed E-state index contributed by atoms with van der Waals surface area (Å²) >= 11 is 5.47. The van der Waals surface area contributed by atoms with Gasteiger partial charge in [0.05, 0.1) is 25.3 Å². The van der Waals surface area contributed by atoms with Gasteiger partial charge >= 0.3 is 0 Å². The van der Waals surface area contributed by atoms with E-state index in [1.807, 2.05) is 12.3 Å². The van der Waals surface area contributed by atoms with Crippen molar-refractivity contribution in [1.29, 1.82) is 0 Å². The Bertz CT molecular complexity index is 420. The van der Waals surface area contributed by atoms with Crippen molar-refractivity contribution in [2.45, 2.75) is 19.3 Å². The highest BCUT2D eigenvalue weighted by molar-refractivity contribution is 7.80. The molecule has 0 unspecified atom stereocenters. The Kier molecular flexibility index (Phi) is 5.54. The first-order valence-electron chi connectivity index (χ1n) is 6.63. The van der Waals surface area contributed by atoms with E-state index in [4.69, 9.17) is 21.7 Å². The van der Waals surface area contributed by atoms with Crippen LogP contribution in [-0.4, -0.2) is 48.3 Å². The highest BCUT2D eigenvalue weighted by Gasteiger charge is 2.13. The number of pyridine rings is 1. The second-order valence-corrected chi connectivity index (χ2v) is 5.01. The highest BCUT2D eigenvalue weighted by Crippen LogP contribution is 2.18. The van der Waals surface area contributed by atoms with Crippen LogP contribution in [0.3, 0.4) is 0 Å². The molecule has 1 aliphatic heterocycles. The molecule has 0 N–H and O–H groups in total. The van der Waals surface area contributed by atoms with Crippen molar-refractivity contribution in [2.24, 2.45) is 0 Å². The van der Waals surface area contributed by atoms with E-state index >= 15 is 0 Å². The Morgan fingerprint density at radius 2 is 2.26 bits per heavy atom. The van der Waals surface area contributed by atoms with E-state index in [0.717, 1.165) is 61.9 Å². The van der Waals surface area contributed by atoms with Gasteiger partial charge in [0.2, 0.25) is 0 Å². The van der Waals surface area contributed by atoms with Gasteiger partial charge in [-0.05, 0) is 25.3 Å². The normalized spacial score (nSPS) is 15.3. The Labute approximate surface area is 119 Å². The fourth-order valence-electron chi connectivity index (χ4n) is 2.20. The summed E-state index contributed by atoms with van der Waals surface area (Å²) in [6.45, 7) is 3.43. The topological polar surface area (TPSA) is 34.6 Å². The number of methoxy groups -OCH3 is 1. The third-order valence-electron chi connectivity index (χ3n) is 3.28. The summed E-state index contributed by atoms with van der Waals surface area (Å²) in [5.74, 6) is 0.910. The lowest BCUT2D eigenvalue weighted by Gasteiger charge is -2.29. The molecule has 0 amide bonds. The SMILES string of the molecule is COc1ccncc1CCCC(=S)N1CCOCC1. The molecule has 104 valence electrons. The van der Waals surface area contributed by atoms with Gasteiger partial charge in [-0.1, -0.05) is 12.2 Å². The van der Waals surface area contributed by atoms with Crippen molar-refractivity contribution >= 4 is 17.2 Å². The summed E-state index contributed by atoms with van der Waals surface area (Å²) in [6, 6.07) is 1.90. The average molecular weight is 280 g/mol. The van der Waals surface area contributed by atoms with Crippen LogP contribution in [0.5, 0.6) is 5.75 Å². The zero-order valence-electron chi connectivity index (χ0n) is 11.3. The average Bonchev–Trinajstić information content (AvgIpc) is 2.48. The van der Waals surface area contributed by atoms with Crippen LogP contribution in [0.25, 0.3) is 0 Å². The van der Waals surface area contributed by atoms with Gasteiger partial charge in [0.15, 0.2) is 0 Å². The lowest BCUT2D eigenvalue weighted by atomic mass is 10.1. The molecule has 2 rings (SSSR count). The Hall–Kier alpha value is -1.20. The molecule has 0 spiro atoms. The van der Waals surface area contributed by atoms with Crippen LogP contribution in [-0.2, 0) is 11.2 Å². The van der Waals surface area contributed by atoms with Crippen LogP contribution >= 0.6 is 12.2 Å². The van der Waals surface area contributed by atoms with E-state index in [1.165, 1.54) is 0 Å². The summed E-state index contributed by atoms with van der Waals surface area (Å²) in [5, 5.41) is 0. The van der Waals surface area contributed by atoms with Gasteiger partial charge in [0, 0.05) is 31.0 Å². The lowest BCUT2D eigenvalue weighted by molar-refractivity contribution is 0.0682. The fourth-order valence-corrected chi connectivity index (χ4v) is 2.53. The maximum Gasteiger partial charge on any atom is 0.125 e. The molecule has 2 heterocycles. The molecule has 0 aromatic carbocycles. The predicted octanol–water partition coefficient (Wildman–Crippen LogP) is 2.07. The number of hydrogen-bond donors (Lipinski definition) is 0. The largest absolute Gasteiger partial charge is 0.496 e. The van der Waals surface area contributed by atoms with Gasteiger partial charge < -0.3 is 14.4 Å². The number of thiocarbonyl (C=S) groups is 1. The molecule has 0 atom stereocenters. The molecule has 1 fully saturated rings. The molecular formula is C14H20N2O2S. The number of hydrogen-bond acceptors (Lipinski definition) is 4. The molecule has 0 aliphatic carbocycles. The lowest BCUT2D eigenvalue weighted by Crippen LogP contribution is -2.39. The minimum absolute atomic E-state index is 0.788. The molecule has 1 aliphatic rings. The van der Waals surface area contributed by atoms with Crippen molar-refractivity contribution in [2.75, 3.05) is 33.4 Å². The summed E-state index contributed by atoms with van der Waals surface area (Å²) in [7, 11) is 1.69. The molecule has 0 bridgehead atoms. The van der Waals surface area contributed by atoms with Crippen LogP contribution in [0.15, 0.2) is 18.5 Å². The number of nitrogens with zero attached hydrogens (tertiary/aromatic N) is 2. The summed E-state index contributed by atoms with van der Waals surface area (Å²) in [6.07, 6.45) is 6.53. The molecular weight excluding hydrogens is 260 g/mol. The van der Waals surface area contributed by atoms with Crippen LogP contribution in [0.1, 0.15) is 18.4 Å². The minimum atomic E-state index is 0.788. The summed E-state index contributed by atoms with van der Waals surface area (Å²) in [4.78, 5) is 7.44. The van der Waals surface area contributed by atoms with Gasteiger partial charge in [-0.3, -0.25) is 4.98 Å². The molecule has 4 nitrogen and oxygen atoms in total. The van der Waals surface area contributed by atoms with Gasteiger partial charge in [0.25, 0.3) is 0 Å². The number of ether oxygens (including phenoxy) is 2. The van der Waals surface area contributed by atoms with Crippen molar-refractivity contribution in [1.82, 2.24) is 9.88 Å². The van der Waals surface area contributed by atoms with E-state index in [2.05, 4.69) is 9.88 Å². The zero-order valence-corrected chi connectivity index (χ0v) is 12.1. The van der Waals surface area contributed by atoms with Gasteiger partial charge in [-0.25, -0.2) is 0 Å². The predicted molar refractivity (Wildman–Crippen MR) is 78.7 cm³/mol. The van der Waals surface area contributed by atoms with Crippen LogP contribution < -0.4 is 4.74 Å². The highest BCUT2D eigenvalue weighted by atomic mass is 32.1. The van der Waals surface area contributed by atoms with Crippen LogP contribution in [0.4, 0.5) is 0 Å². The molecule has 1 aromatic heterocycles. The van der Waals surface area contributed by atoms with E-state index in [1.54, 1.807) is 13.3 Å². The smallest absolute Gasteiger partial charge is 0.125 e. The summed E-state index contributed by atoms with van der Waals surface area (Å²) < 4.78 is 10.6. The molecule has 1 saturated heterocycles. The molecule has 19 heavy (non-hydrogen) atoms. The molecule has 0 radical (unpaired) electrons. The van der Waals surface area contributed by atoms with Gasteiger partial charge in [-0.2, -0.15) is 0 Å². The number of aryl methyl sites for hydroxylation is 1. The molecule has 1 aromatic rings. The van der Waals surface area contributed by atoms with Crippen molar-refractivity contribution in [3.8, 4) is 5.75 Å². The zero-order chi connectivity index (χ0) is 13.5. The third-order valence-corrected chi connectivity index (χ3v) is 3.74. The fraction of sp³-hybridized carbons (Fsp3) is 0.571. The van der Waals surface area contributed by atoms with E-state index in [0.29, 0.717) is 0 Å². The maximum atomic E-state index is 5.47. The van der Waals surface area contributed by atoms with E-state index < -0.39 is 0 Å². The quantitative estimate of drug-likeness (QED) is 0.772. The van der Waals surface area contributed by atoms with Gasteiger partial charge in [0.1, 0.15) is 5.75 Å². The first-order valence-corrected chi connectivity index (χ1v) is 7.04. The van der Waals surface area contributed by atoms with Gasteiger partial charge in [-0.15, -0.1) is 0 Å². The van der Waals surface area contributed by atoms with Crippen molar-refractivity contribution in [3.05, 3.63) is 24.0 Å². The Morgan fingerprint density at radius 3 is 3.00 bits per heavy atom. The Balaban J connectivity index is 1.78. The maximum absolute atomic E-state index is 5.47. The van der Waals surface area contributed by atoms with Crippen LogP contribution in [0, 0.1) is 0 Å². The van der Waals surface area contributed by atoms with E-state index in [9.17, 15) is 0 Å². The summed E-state index contributed by atoms with van der Waals surface area (Å²) in [5.41, 5.74) is 1.15. The second kappa shape index (κ2) is 7.40. The van der Waals surface area contributed by atoms with E-state index in [-0.39, 0.29) is 0 Å². The number of aromatic nitrogens is 1. The first kappa shape index (κ1) is 14.2. The molecule has 0 saturated carbocycles. The number of rotatable bonds is 5. The Morgan fingerprint density at radius 1 is 1.47 bits per heavy atom. The van der Waals surface area contributed by atoms with Crippen molar-refractivity contribution in [3.63, 3.8) is 0 Å².